The third-order valence-electron chi connectivity index (χ3n) is 5.01. The fraction of sp³-hybridized carbons (Fsp3) is 0.208. The number of anilines is 1. The van der Waals surface area contributed by atoms with Gasteiger partial charge in [-0.1, -0.05) is 61.8 Å². The number of benzene rings is 3. The lowest BCUT2D eigenvalue weighted by Gasteiger charge is -2.13. The molecule has 162 valence electrons. The van der Waals surface area contributed by atoms with E-state index >= 15 is 0 Å². The highest BCUT2D eigenvalue weighted by Gasteiger charge is 2.20. The van der Waals surface area contributed by atoms with Crippen LogP contribution < -0.4 is 10.0 Å². The second kappa shape index (κ2) is 9.98. The number of rotatable bonds is 8. The fourth-order valence-corrected chi connectivity index (χ4v) is 4.84. The molecule has 0 aliphatic heterocycles. The molecule has 3 aromatic carbocycles. The van der Waals surface area contributed by atoms with E-state index in [1.165, 1.54) is 29.3 Å². The van der Waals surface area contributed by atoms with E-state index in [2.05, 4.69) is 42.1 Å². The molecule has 0 saturated heterocycles. The van der Waals surface area contributed by atoms with Gasteiger partial charge in [0.15, 0.2) is 0 Å². The van der Waals surface area contributed by atoms with Crippen molar-refractivity contribution in [2.45, 2.75) is 38.1 Å². The van der Waals surface area contributed by atoms with E-state index in [9.17, 15) is 13.2 Å². The van der Waals surface area contributed by atoms with Crippen LogP contribution in [0.2, 0.25) is 5.02 Å². The first-order valence-electron chi connectivity index (χ1n) is 10.1. The number of para-hydroxylation sites is 1. The maximum absolute atomic E-state index is 12.8. The predicted molar refractivity (Wildman–Crippen MR) is 125 cm³/mol. The van der Waals surface area contributed by atoms with Crippen LogP contribution in [0, 0.1) is 0 Å². The number of sulfonamides is 1. The molecule has 3 aromatic rings. The molecule has 3 rings (SSSR count). The van der Waals surface area contributed by atoms with Gasteiger partial charge in [-0.15, -0.1) is 0 Å². The van der Waals surface area contributed by atoms with Crippen LogP contribution in [0.1, 0.15) is 40.9 Å². The van der Waals surface area contributed by atoms with Crippen molar-refractivity contribution in [2.75, 3.05) is 4.72 Å². The summed E-state index contributed by atoms with van der Waals surface area (Å²) < 4.78 is 28.1. The quantitative estimate of drug-likeness (QED) is 0.489. The maximum Gasteiger partial charge on any atom is 0.263 e. The Morgan fingerprint density at radius 1 is 0.903 bits per heavy atom. The summed E-state index contributed by atoms with van der Waals surface area (Å²) >= 11 is 6.15. The van der Waals surface area contributed by atoms with Gasteiger partial charge in [0.25, 0.3) is 15.9 Å². The summed E-state index contributed by atoms with van der Waals surface area (Å²) in [6, 6.07) is 19.0. The van der Waals surface area contributed by atoms with Crippen molar-refractivity contribution >= 4 is 33.2 Å². The first kappa shape index (κ1) is 22.8. The molecule has 0 fully saturated rings. The van der Waals surface area contributed by atoms with Crippen molar-refractivity contribution in [3.63, 3.8) is 0 Å². The first-order valence-corrected chi connectivity index (χ1v) is 12.0. The van der Waals surface area contributed by atoms with Gasteiger partial charge in [-0.3, -0.25) is 9.52 Å². The molecule has 0 spiro atoms. The van der Waals surface area contributed by atoms with Crippen LogP contribution in [0.5, 0.6) is 0 Å². The van der Waals surface area contributed by atoms with Crippen LogP contribution in [-0.4, -0.2) is 14.3 Å². The Balaban J connectivity index is 1.80. The number of carbonyl (C=O) groups excluding carboxylic acids is 1. The monoisotopic (exact) mass is 456 g/mol. The number of carbonyl (C=O) groups is 1. The molecule has 31 heavy (non-hydrogen) atoms. The van der Waals surface area contributed by atoms with E-state index < -0.39 is 10.0 Å². The number of halogens is 1. The van der Waals surface area contributed by atoms with Crippen molar-refractivity contribution in [1.29, 1.82) is 0 Å². The summed E-state index contributed by atoms with van der Waals surface area (Å²) in [7, 11) is -3.95. The standard InChI is InChI=1S/C24H25ClN2O3S/c1-3-17-10-11-18(4-2)20(14-17)16-26-24(28)19-12-13-22(25)23(15-19)31(29,30)27-21-8-6-5-7-9-21/h5-15,27H,3-4,16H2,1-2H3,(H,26,28). The lowest BCUT2D eigenvalue weighted by molar-refractivity contribution is 0.0950. The third kappa shape index (κ3) is 5.66. The maximum atomic E-state index is 12.8. The van der Waals surface area contributed by atoms with Crippen LogP contribution in [0.4, 0.5) is 5.69 Å². The SMILES string of the molecule is CCc1ccc(CC)c(CNC(=O)c2ccc(Cl)c(S(=O)(=O)Nc3ccccc3)c2)c1. The summed E-state index contributed by atoms with van der Waals surface area (Å²) in [5.41, 5.74) is 4.07. The molecule has 0 radical (unpaired) electrons. The Morgan fingerprint density at radius 3 is 2.32 bits per heavy atom. The van der Waals surface area contributed by atoms with E-state index in [-0.39, 0.29) is 21.4 Å². The van der Waals surface area contributed by atoms with Gasteiger partial charge < -0.3 is 5.32 Å². The molecular weight excluding hydrogens is 432 g/mol. The summed E-state index contributed by atoms with van der Waals surface area (Å²) in [4.78, 5) is 12.6. The van der Waals surface area contributed by atoms with Gasteiger partial charge >= 0.3 is 0 Å². The minimum absolute atomic E-state index is 0.0453. The summed E-state index contributed by atoms with van der Waals surface area (Å²) in [5.74, 6) is -0.364. The summed E-state index contributed by atoms with van der Waals surface area (Å²) in [5, 5.41) is 2.94. The highest BCUT2D eigenvalue weighted by Crippen LogP contribution is 2.25. The molecule has 0 aliphatic carbocycles. The second-order valence-electron chi connectivity index (χ2n) is 7.11. The number of nitrogens with one attached hydrogen (secondary N) is 2. The van der Waals surface area contributed by atoms with E-state index in [0.29, 0.717) is 12.2 Å². The third-order valence-corrected chi connectivity index (χ3v) is 6.87. The minimum atomic E-state index is -3.95. The lowest BCUT2D eigenvalue weighted by atomic mass is 10.0. The Kier molecular flexibility index (Phi) is 7.36. The average Bonchev–Trinajstić information content (AvgIpc) is 2.77. The van der Waals surface area contributed by atoms with E-state index in [1.54, 1.807) is 30.3 Å². The molecule has 0 aliphatic rings. The van der Waals surface area contributed by atoms with Crippen molar-refractivity contribution < 1.29 is 13.2 Å². The molecule has 0 atom stereocenters. The van der Waals surface area contributed by atoms with Crippen molar-refractivity contribution in [3.8, 4) is 0 Å². The average molecular weight is 457 g/mol. The lowest BCUT2D eigenvalue weighted by Crippen LogP contribution is -2.24. The van der Waals surface area contributed by atoms with Gasteiger partial charge in [-0.05, 0) is 59.9 Å². The van der Waals surface area contributed by atoms with Crippen LogP contribution >= 0.6 is 11.6 Å². The first-order chi connectivity index (χ1) is 14.8. The number of hydrogen-bond donors (Lipinski definition) is 2. The second-order valence-corrected chi connectivity index (χ2v) is 9.17. The van der Waals surface area contributed by atoms with Crippen LogP contribution in [-0.2, 0) is 29.4 Å². The van der Waals surface area contributed by atoms with Gasteiger partial charge in [0, 0.05) is 17.8 Å². The van der Waals surface area contributed by atoms with Crippen LogP contribution in [0.15, 0.2) is 71.6 Å². The molecule has 0 heterocycles. The molecule has 7 heteroatoms. The topological polar surface area (TPSA) is 75.3 Å². The normalized spacial score (nSPS) is 11.2. The van der Waals surface area contributed by atoms with Gasteiger partial charge in [-0.2, -0.15) is 0 Å². The minimum Gasteiger partial charge on any atom is -0.348 e. The highest BCUT2D eigenvalue weighted by atomic mass is 35.5. The number of amides is 1. The van der Waals surface area contributed by atoms with Gasteiger partial charge in [-0.25, -0.2) is 8.42 Å². The molecule has 1 amide bonds. The Morgan fingerprint density at radius 2 is 1.65 bits per heavy atom. The summed E-state index contributed by atoms with van der Waals surface area (Å²) in [6.45, 7) is 4.52. The Labute approximate surface area is 188 Å². The van der Waals surface area contributed by atoms with Crippen molar-refractivity contribution in [2.24, 2.45) is 0 Å². The zero-order valence-corrected chi connectivity index (χ0v) is 19.1. The Bertz CT molecular complexity index is 1180. The van der Waals surface area contributed by atoms with Gasteiger partial charge in [0.2, 0.25) is 0 Å². The predicted octanol–water partition coefficient (Wildman–Crippen LogP) is 5.20. The van der Waals surface area contributed by atoms with E-state index in [0.717, 1.165) is 18.4 Å². The smallest absolute Gasteiger partial charge is 0.263 e. The van der Waals surface area contributed by atoms with Gasteiger partial charge in [0.1, 0.15) is 4.90 Å². The van der Waals surface area contributed by atoms with Crippen molar-refractivity contribution in [3.05, 3.63) is 94.0 Å². The van der Waals surface area contributed by atoms with Crippen LogP contribution in [0.3, 0.4) is 0 Å². The Hall–Kier alpha value is -2.83. The molecule has 5 nitrogen and oxygen atoms in total. The molecular formula is C24H25ClN2O3S. The largest absolute Gasteiger partial charge is 0.348 e. The molecule has 0 saturated carbocycles. The number of hydrogen-bond acceptors (Lipinski definition) is 3. The zero-order chi connectivity index (χ0) is 22.4. The highest BCUT2D eigenvalue weighted by molar-refractivity contribution is 7.92. The molecule has 0 aromatic heterocycles. The molecule has 0 unspecified atom stereocenters. The molecule has 0 bridgehead atoms. The van der Waals surface area contributed by atoms with E-state index in [4.69, 9.17) is 11.6 Å². The van der Waals surface area contributed by atoms with Crippen molar-refractivity contribution in [1.82, 2.24) is 5.32 Å². The number of aryl methyl sites for hydroxylation is 2. The molecule has 2 N–H and O–H groups in total. The summed E-state index contributed by atoms with van der Waals surface area (Å²) in [6.07, 6.45) is 1.78. The fourth-order valence-electron chi connectivity index (χ4n) is 3.25. The van der Waals surface area contributed by atoms with Crippen LogP contribution in [0.25, 0.3) is 0 Å². The zero-order valence-electron chi connectivity index (χ0n) is 17.5. The van der Waals surface area contributed by atoms with Gasteiger partial charge in [0.05, 0.1) is 5.02 Å². The van der Waals surface area contributed by atoms with E-state index in [1.807, 2.05) is 0 Å².